The van der Waals surface area contributed by atoms with Gasteiger partial charge in [0.2, 0.25) is 5.82 Å². The lowest BCUT2D eigenvalue weighted by atomic mass is 9.99. The minimum atomic E-state index is -2.23. The monoisotopic (exact) mass is 272 g/mol. The average Bonchev–Trinajstić information content (AvgIpc) is 2.44. The van der Waals surface area contributed by atoms with Gasteiger partial charge in [0.1, 0.15) is 0 Å². The Morgan fingerprint density at radius 2 is 1.21 bits per heavy atom. The maximum Gasteiger partial charge on any atom is 0.200 e. The highest BCUT2D eigenvalue weighted by Gasteiger charge is 2.27. The Bertz CT molecular complexity index is 637. The first-order valence-corrected chi connectivity index (χ1v) is 5.05. The standard InChI is InChI=1S/C13H5F5O/c14-9-8(7-4-2-1-3-6(7)5-19)10(15)12(17)13(18)11(9)16/h1-5H. The number of hydrogen-bond acceptors (Lipinski definition) is 1. The summed E-state index contributed by atoms with van der Waals surface area (Å²) in [6.45, 7) is 0. The third-order valence-electron chi connectivity index (χ3n) is 2.57. The molecule has 0 aliphatic rings. The smallest absolute Gasteiger partial charge is 0.200 e. The lowest BCUT2D eigenvalue weighted by molar-refractivity contribution is 0.112. The molecular formula is C13H5F5O. The van der Waals surface area contributed by atoms with Gasteiger partial charge in [-0.15, -0.1) is 0 Å². The van der Waals surface area contributed by atoms with E-state index in [2.05, 4.69) is 0 Å². The number of carbonyl (C=O) groups is 1. The highest BCUT2D eigenvalue weighted by Crippen LogP contribution is 2.32. The molecule has 2 aromatic rings. The van der Waals surface area contributed by atoms with Gasteiger partial charge in [-0.3, -0.25) is 4.79 Å². The van der Waals surface area contributed by atoms with Crippen molar-refractivity contribution in [3.05, 3.63) is 58.9 Å². The molecule has 0 amide bonds. The van der Waals surface area contributed by atoms with Crippen LogP contribution in [0.4, 0.5) is 22.0 Å². The Morgan fingerprint density at radius 1 is 0.737 bits per heavy atom. The van der Waals surface area contributed by atoms with Gasteiger partial charge in [0, 0.05) is 5.56 Å². The van der Waals surface area contributed by atoms with Crippen LogP contribution in [0.5, 0.6) is 0 Å². The van der Waals surface area contributed by atoms with Crippen LogP contribution in [-0.2, 0) is 0 Å². The minimum Gasteiger partial charge on any atom is -0.298 e. The van der Waals surface area contributed by atoms with Crippen LogP contribution in [0.25, 0.3) is 11.1 Å². The molecule has 0 aromatic heterocycles. The molecule has 0 saturated heterocycles. The summed E-state index contributed by atoms with van der Waals surface area (Å²) in [4.78, 5) is 10.8. The van der Waals surface area contributed by atoms with E-state index in [1.807, 2.05) is 0 Å². The van der Waals surface area contributed by atoms with Crippen molar-refractivity contribution in [1.29, 1.82) is 0 Å². The number of rotatable bonds is 2. The number of halogens is 5. The van der Waals surface area contributed by atoms with Crippen molar-refractivity contribution in [3.63, 3.8) is 0 Å². The van der Waals surface area contributed by atoms with E-state index in [-0.39, 0.29) is 17.4 Å². The number of benzene rings is 2. The van der Waals surface area contributed by atoms with Gasteiger partial charge >= 0.3 is 0 Å². The Balaban J connectivity index is 2.87. The zero-order chi connectivity index (χ0) is 14.2. The van der Waals surface area contributed by atoms with E-state index in [4.69, 9.17) is 0 Å². The second-order valence-corrected chi connectivity index (χ2v) is 3.65. The molecule has 1 nitrogen and oxygen atoms in total. The Kier molecular flexibility index (Phi) is 3.33. The summed E-state index contributed by atoms with van der Waals surface area (Å²) >= 11 is 0. The topological polar surface area (TPSA) is 17.1 Å². The van der Waals surface area contributed by atoms with Crippen LogP contribution in [0.2, 0.25) is 0 Å². The van der Waals surface area contributed by atoms with Crippen molar-refractivity contribution in [1.82, 2.24) is 0 Å². The first-order chi connectivity index (χ1) is 8.99. The molecule has 98 valence electrons. The SMILES string of the molecule is O=Cc1ccccc1-c1c(F)c(F)c(F)c(F)c1F. The van der Waals surface area contributed by atoms with Crippen LogP contribution in [0.1, 0.15) is 10.4 Å². The lowest BCUT2D eigenvalue weighted by Gasteiger charge is -2.09. The van der Waals surface area contributed by atoms with Crippen LogP contribution >= 0.6 is 0 Å². The molecule has 0 fully saturated rings. The van der Waals surface area contributed by atoms with Crippen molar-refractivity contribution in [2.24, 2.45) is 0 Å². The summed E-state index contributed by atoms with van der Waals surface area (Å²) in [5, 5.41) is 0. The first-order valence-electron chi connectivity index (χ1n) is 5.05. The maximum atomic E-state index is 13.6. The van der Waals surface area contributed by atoms with Crippen molar-refractivity contribution < 1.29 is 26.7 Å². The minimum absolute atomic E-state index is 0.175. The molecule has 0 spiro atoms. The third-order valence-corrected chi connectivity index (χ3v) is 2.57. The van der Waals surface area contributed by atoms with Gasteiger partial charge in [-0.05, 0) is 5.56 Å². The average molecular weight is 272 g/mol. The fraction of sp³-hybridized carbons (Fsp3) is 0. The molecule has 0 atom stereocenters. The van der Waals surface area contributed by atoms with E-state index >= 15 is 0 Å². The maximum absolute atomic E-state index is 13.6. The van der Waals surface area contributed by atoms with Crippen LogP contribution in [0.15, 0.2) is 24.3 Å². The van der Waals surface area contributed by atoms with E-state index < -0.39 is 34.6 Å². The quantitative estimate of drug-likeness (QED) is 0.351. The zero-order valence-electron chi connectivity index (χ0n) is 9.18. The normalized spacial score (nSPS) is 10.6. The number of aldehydes is 1. The van der Waals surface area contributed by atoms with E-state index in [9.17, 15) is 26.7 Å². The van der Waals surface area contributed by atoms with Crippen LogP contribution in [0, 0.1) is 29.1 Å². The summed E-state index contributed by atoms with van der Waals surface area (Å²) in [7, 11) is 0. The number of carbonyl (C=O) groups excluding carboxylic acids is 1. The molecule has 6 heteroatoms. The van der Waals surface area contributed by atoms with Crippen molar-refractivity contribution in [2.75, 3.05) is 0 Å². The molecule has 0 aliphatic carbocycles. The van der Waals surface area contributed by atoms with Gasteiger partial charge in [0.15, 0.2) is 29.6 Å². The summed E-state index contributed by atoms with van der Waals surface area (Å²) in [5.41, 5.74) is -1.64. The van der Waals surface area contributed by atoms with E-state index in [1.165, 1.54) is 18.2 Å². The molecule has 2 rings (SSSR count). The summed E-state index contributed by atoms with van der Waals surface area (Å²) in [6, 6.07) is 5.03. The van der Waals surface area contributed by atoms with Crippen LogP contribution < -0.4 is 0 Å². The van der Waals surface area contributed by atoms with Gasteiger partial charge < -0.3 is 0 Å². The molecule has 0 saturated carbocycles. The van der Waals surface area contributed by atoms with Crippen LogP contribution in [0.3, 0.4) is 0 Å². The molecule has 2 aromatic carbocycles. The summed E-state index contributed by atoms with van der Waals surface area (Å²) in [5.74, 6) is -10.3. The highest BCUT2D eigenvalue weighted by atomic mass is 19.2. The number of hydrogen-bond donors (Lipinski definition) is 0. The van der Waals surface area contributed by atoms with Gasteiger partial charge in [0.25, 0.3) is 0 Å². The predicted molar refractivity (Wildman–Crippen MR) is 57.1 cm³/mol. The molecule has 0 bridgehead atoms. The van der Waals surface area contributed by atoms with Gasteiger partial charge in [-0.2, -0.15) is 0 Å². The molecular weight excluding hydrogens is 267 g/mol. The molecule has 0 radical (unpaired) electrons. The first kappa shape index (κ1) is 13.2. The third kappa shape index (κ3) is 1.99. The van der Waals surface area contributed by atoms with E-state index in [0.29, 0.717) is 0 Å². The van der Waals surface area contributed by atoms with Gasteiger partial charge in [0.05, 0.1) is 5.56 Å². The van der Waals surface area contributed by atoms with Crippen molar-refractivity contribution in [2.45, 2.75) is 0 Å². The predicted octanol–water partition coefficient (Wildman–Crippen LogP) is 3.86. The molecule has 0 N–H and O–H groups in total. The van der Waals surface area contributed by atoms with E-state index in [0.717, 1.165) is 6.07 Å². The highest BCUT2D eigenvalue weighted by molar-refractivity contribution is 5.87. The van der Waals surface area contributed by atoms with Crippen molar-refractivity contribution in [3.8, 4) is 11.1 Å². The van der Waals surface area contributed by atoms with Gasteiger partial charge in [-0.1, -0.05) is 24.3 Å². The molecule has 19 heavy (non-hydrogen) atoms. The molecule has 0 aliphatic heterocycles. The van der Waals surface area contributed by atoms with E-state index in [1.54, 1.807) is 0 Å². The Morgan fingerprint density at radius 3 is 1.74 bits per heavy atom. The molecule has 0 heterocycles. The summed E-state index contributed by atoms with van der Waals surface area (Å²) in [6.07, 6.45) is 0.271. The summed E-state index contributed by atoms with van der Waals surface area (Å²) < 4.78 is 66.2. The van der Waals surface area contributed by atoms with Gasteiger partial charge in [-0.25, -0.2) is 22.0 Å². The fourth-order valence-corrected chi connectivity index (χ4v) is 1.67. The fourth-order valence-electron chi connectivity index (χ4n) is 1.67. The van der Waals surface area contributed by atoms with Crippen LogP contribution in [-0.4, -0.2) is 6.29 Å². The Hall–Kier alpha value is -2.24. The zero-order valence-corrected chi connectivity index (χ0v) is 9.18. The van der Waals surface area contributed by atoms with Crippen molar-refractivity contribution >= 4 is 6.29 Å². The lowest BCUT2D eigenvalue weighted by Crippen LogP contribution is -2.05. The Labute approximate surface area is 104 Å². The second kappa shape index (κ2) is 4.79. The molecule has 0 unspecified atom stereocenters. The second-order valence-electron chi connectivity index (χ2n) is 3.65. The largest absolute Gasteiger partial charge is 0.298 e.